The molecule has 4 nitrogen and oxygen atoms in total. The maximum atomic E-state index is 12.4. The summed E-state index contributed by atoms with van der Waals surface area (Å²) in [6.07, 6.45) is 2.47. The van der Waals surface area contributed by atoms with Gasteiger partial charge >= 0.3 is 0 Å². The number of amides is 1. The Hall–Kier alpha value is -1.39. The number of carbonyl (C=O) groups is 1. The van der Waals surface area contributed by atoms with Gasteiger partial charge in [0.1, 0.15) is 0 Å². The maximum absolute atomic E-state index is 12.4. The summed E-state index contributed by atoms with van der Waals surface area (Å²) in [6.45, 7) is 9.42. The molecule has 0 spiro atoms. The van der Waals surface area contributed by atoms with Crippen LogP contribution >= 0.6 is 0 Å². The number of benzene rings is 1. The zero-order valence-electron chi connectivity index (χ0n) is 14.5. The van der Waals surface area contributed by atoms with Crippen LogP contribution in [0.5, 0.6) is 0 Å². The lowest BCUT2D eigenvalue weighted by Gasteiger charge is -2.29. The van der Waals surface area contributed by atoms with Crippen molar-refractivity contribution in [1.29, 1.82) is 0 Å². The number of ether oxygens (including phenoxy) is 1. The summed E-state index contributed by atoms with van der Waals surface area (Å²) in [5.74, 6) is 0.277. The van der Waals surface area contributed by atoms with Gasteiger partial charge in [0.15, 0.2) is 0 Å². The summed E-state index contributed by atoms with van der Waals surface area (Å²) in [4.78, 5) is 17.0. The van der Waals surface area contributed by atoms with Gasteiger partial charge in [-0.3, -0.25) is 9.69 Å². The van der Waals surface area contributed by atoms with Crippen LogP contribution in [0.1, 0.15) is 38.7 Å². The molecule has 1 aliphatic rings. The molecule has 0 aliphatic carbocycles. The maximum Gasteiger partial charge on any atom is 0.222 e. The predicted octanol–water partition coefficient (Wildman–Crippen LogP) is 2.93. The second kappa shape index (κ2) is 9.68. The van der Waals surface area contributed by atoms with Crippen molar-refractivity contribution in [3.63, 3.8) is 0 Å². The summed E-state index contributed by atoms with van der Waals surface area (Å²) in [6, 6.07) is 10.9. The largest absolute Gasteiger partial charge is 0.382 e. The van der Waals surface area contributed by atoms with Gasteiger partial charge in [0.2, 0.25) is 5.91 Å². The molecule has 23 heavy (non-hydrogen) atoms. The molecule has 1 heterocycles. The van der Waals surface area contributed by atoms with Gasteiger partial charge in [0.25, 0.3) is 0 Å². The number of carbonyl (C=O) groups excluding carboxylic acids is 1. The van der Waals surface area contributed by atoms with Crippen molar-refractivity contribution in [1.82, 2.24) is 9.80 Å². The van der Waals surface area contributed by atoms with Crippen LogP contribution in [0.4, 0.5) is 0 Å². The highest BCUT2D eigenvalue weighted by Crippen LogP contribution is 2.14. The van der Waals surface area contributed by atoms with Crippen molar-refractivity contribution in [2.45, 2.75) is 45.7 Å². The third-order valence-corrected chi connectivity index (χ3v) is 4.38. The second-order valence-electron chi connectivity index (χ2n) is 6.31. The lowest BCUT2D eigenvalue weighted by molar-refractivity contribution is -0.133. The molecular formula is C19H30N2O2. The molecule has 1 aliphatic heterocycles. The van der Waals surface area contributed by atoms with Crippen LogP contribution in [0.15, 0.2) is 30.3 Å². The lowest BCUT2D eigenvalue weighted by atomic mass is 10.2. The highest BCUT2D eigenvalue weighted by atomic mass is 16.5. The molecular weight excluding hydrogens is 288 g/mol. The van der Waals surface area contributed by atoms with Gasteiger partial charge in [-0.1, -0.05) is 30.3 Å². The third-order valence-electron chi connectivity index (χ3n) is 4.38. The molecule has 0 radical (unpaired) electrons. The highest BCUT2D eigenvalue weighted by molar-refractivity contribution is 5.76. The normalized spacial score (nSPS) is 19.6. The van der Waals surface area contributed by atoms with Crippen molar-refractivity contribution >= 4 is 5.91 Å². The molecule has 0 bridgehead atoms. The van der Waals surface area contributed by atoms with Crippen LogP contribution < -0.4 is 0 Å². The van der Waals surface area contributed by atoms with Crippen molar-refractivity contribution in [3.8, 4) is 0 Å². The van der Waals surface area contributed by atoms with E-state index >= 15 is 0 Å². The molecule has 2 rings (SSSR count). The minimum Gasteiger partial charge on any atom is -0.382 e. The molecule has 0 N–H and O–H groups in total. The van der Waals surface area contributed by atoms with Crippen LogP contribution in [0.25, 0.3) is 0 Å². The zero-order valence-corrected chi connectivity index (χ0v) is 14.5. The first-order valence-electron chi connectivity index (χ1n) is 8.84. The second-order valence-corrected chi connectivity index (χ2v) is 6.31. The number of nitrogens with zero attached hydrogens (tertiary/aromatic N) is 2. The van der Waals surface area contributed by atoms with E-state index in [4.69, 9.17) is 4.74 Å². The zero-order chi connectivity index (χ0) is 16.5. The van der Waals surface area contributed by atoms with E-state index in [9.17, 15) is 4.79 Å². The molecule has 1 saturated heterocycles. The molecule has 4 heteroatoms. The van der Waals surface area contributed by atoms with Crippen molar-refractivity contribution in [2.75, 3.05) is 32.8 Å². The first-order valence-corrected chi connectivity index (χ1v) is 8.84. The van der Waals surface area contributed by atoms with Crippen molar-refractivity contribution in [2.24, 2.45) is 0 Å². The van der Waals surface area contributed by atoms with Crippen LogP contribution in [0, 0.1) is 0 Å². The molecule has 1 aromatic carbocycles. The molecule has 1 fully saturated rings. The Balaban J connectivity index is 1.82. The van der Waals surface area contributed by atoms with Gasteiger partial charge < -0.3 is 9.64 Å². The summed E-state index contributed by atoms with van der Waals surface area (Å²) in [5, 5.41) is 0. The van der Waals surface area contributed by atoms with Crippen LogP contribution in [0.2, 0.25) is 0 Å². The van der Waals surface area contributed by atoms with Crippen LogP contribution in [-0.4, -0.2) is 54.6 Å². The molecule has 128 valence electrons. The highest BCUT2D eigenvalue weighted by Gasteiger charge is 2.24. The first-order chi connectivity index (χ1) is 11.2. The summed E-state index contributed by atoms with van der Waals surface area (Å²) >= 11 is 0. The van der Waals surface area contributed by atoms with Gasteiger partial charge in [0, 0.05) is 51.9 Å². The van der Waals surface area contributed by atoms with E-state index < -0.39 is 0 Å². The fourth-order valence-corrected chi connectivity index (χ4v) is 3.22. The Labute approximate surface area is 140 Å². The summed E-state index contributed by atoms with van der Waals surface area (Å²) < 4.78 is 5.33. The van der Waals surface area contributed by atoms with E-state index in [-0.39, 0.29) is 11.9 Å². The first kappa shape index (κ1) is 18.0. The Morgan fingerprint density at radius 3 is 2.78 bits per heavy atom. The topological polar surface area (TPSA) is 32.8 Å². The molecule has 1 amide bonds. The Morgan fingerprint density at radius 1 is 1.26 bits per heavy atom. The minimum atomic E-state index is 0.277. The fourth-order valence-electron chi connectivity index (χ4n) is 3.22. The van der Waals surface area contributed by atoms with E-state index in [1.165, 1.54) is 5.56 Å². The molecule has 1 aromatic rings. The van der Waals surface area contributed by atoms with Gasteiger partial charge in [-0.2, -0.15) is 0 Å². The number of hydrogen-bond donors (Lipinski definition) is 0. The van der Waals surface area contributed by atoms with E-state index in [0.29, 0.717) is 13.0 Å². The molecule has 0 aromatic heterocycles. The van der Waals surface area contributed by atoms with Gasteiger partial charge in [-0.15, -0.1) is 0 Å². The summed E-state index contributed by atoms with van der Waals surface area (Å²) in [7, 11) is 0. The minimum absolute atomic E-state index is 0.277. The van der Waals surface area contributed by atoms with Crippen molar-refractivity contribution in [3.05, 3.63) is 35.9 Å². The summed E-state index contributed by atoms with van der Waals surface area (Å²) in [5.41, 5.74) is 1.34. The Morgan fingerprint density at radius 2 is 2.04 bits per heavy atom. The van der Waals surface area contributed by atoms with Gasteiger partial charge in [-0.25, -0.2) is 0 Å². The molecule has 0 unspecified atom stereocenters. The number of hydrogen-bond acceptors (Lipinski definition) is 3. The van der Waals surface area contributed by atoms with Gasteiger partial charge in [0.05, 0.1) is 0 Å². The van der Waals surface area contributed by atoms with Crippen LogP contribution in [-0.2, 0) is 16.1 Å². The quantitative estimate of drug-likeness (QED) is 0.725. The van der Waals surface area contributed by atoms with Crippen molar-refractivity contribution < 1.29 is 9.53 Å². The average molecular weight is 318 g/mol. The fraction of sp³-hybridized carbons (Fsp3) is 0.632. The Kier molecular flexibility index (Phi) is 7.56. The smallest absolute Gasteiger partial charge is 0.222 e. The van der Waals surface area contributed by atoms with Crippen LogP contribution in [0.3, 0.4) is 0 Å². The van der Waals surface area contributed by atoms with Gasteiger partial charge in [-0.05, 0) is 32.3 Å². The van der Waals surface area contributed by atoms with E-state index in [2.05, 4.69) is 47.1 Å². The SMILES string of the molecule is CCOCCCC(=O)N1CCCN(Cc2ccccc2)C[C@@H]1C. The Bertz CT molecular complexity index is 464. The van der Waals surface area contributed by atoms with E-state index in [1.807, 2.05) is 6.92 Å². The number of rotatable bonds is 7. The lowest BCUT2D eigenvalue weighted by Crippen LogP contribution is -2.42. The molecule has 1 atom stereocenters. The third kappa shape index (κ3) is 5.96. The molecule has 0 saturated carbocycles. The standard InChI is InChI=1S/C19H30N2O2/c1-3-23-14-7-11-19(22)21-13-8-12-20(15-17(21)2)16-18-9-5-4-6-10-18/h4-6,9-10,17H,3,7-8,11-16H2,1-2H3/t17-/m0/s1. The average Bonchev–Trinajstić information content (AvgIpc) is 2.73. The predicted molar refractivity (Wildman–Crippen MR) is 93.2 cm³/mol. The van der Waals surface area contributed by atoms with E-state index in [1.54, 1.807) is 0 Å². The van der Waals surface area contributed by atoms with E-state index in [0.717, 1.165) is 45.6 Å². The monoisotopic (exact) mass is 318 g/mol.